The Labute approximate surface area is 120 Å². The van der Waals surface area contributed by atoms with Gasteiger partial charge in [-0.05, 0) is 49.8 Å². The summed E-state index contributed by atoms with van der Waals surface area (Å²) in [5.41, 5.74) is 13.3. The van der Waals surface area contributed by atoms with Gasteiger partial charge in [-0.3, -0.25) is 4.79 Å². The van der Waals surface area contributed by atoms with Crippen LogP contribution in [0.15, 0.2) is 18.2 Å². The molecule has 2 unspecified atom stereocenters. The highest BCUT2D eigenvalue weighted by Crippen LogP contribution is 2.38. The van der Waals surface area contributed by atoms with Crippen molar-refractivity contribution >= 4 is 17.3 Å². The van der Waals surface area contributed by atoms with Crippen LogP contribution in [0.4, 0.5) is 11.4 Å². The van der Waals surface area contributed by atoms with E-state index in [0.717, 1.165) is 18.2 Å². The van der Waals surface area contributed by atoms with Crippen LogP contribution >= 0.6 is 0 Å². The van der Waals surface area contributed by atoms with E-state index in [9.17, 15) is 4.79 Å². The highest BCUT2D eigenvalue weighted by Gasteiger charge is 2.33. The number of hydrogen-bond donors (Lipinski definition) is 2. The van der Waals surface area contributed by atoms with Crippen LogP contribution in [-0.2, 0) is 0 Å². The number of fused-ring (bicyclic) bond motifs is 1. The van der Waals surface area contributed by atoms with Gasteiger partial charge in [-0.2, -0.15) is 0 Å². The molecular formula is C16H23N3O. The van der Waals surface area contributed by atoms with Gasteiger partial charge in [-0.25, -0.2) is 0 Å². The molecule has 1 aromatic rings. The Bertz CT molecular complexity index is 512. The van der Waals surface area contributed by atoms with Gasteiger partial charge in [-0.1, -0.05) is 12.8 Å². The molecule has 2 atom stereocenters. The summed E-state index contributed by atoms with van der Waals surface area (Å²) in [5, 5.41) is 0. The summed E-state index contributed by atoms with van der Waals surface area (Å²) >= 11 is 0. The van der Waals surface area contributed by atoms with Gasteiger partial charge in [0.15, 0.2) is 0 Å². The number of primary amides is 1. The first-order valence-electron chi connectivity index (χ1n) is 7.63. The van der Waals surface area contributed by atoms with E-state index in [0.29, 0.717) is 17.3 Å². The lowest BCUT2D eigenvalue weighted by molar-refractivity contribution is 0.100. The molecular weight excluding hydrogens is 250 g/mol. The molecule has 0 bridgehead atoms. The Kier molecular flexibility index (Phi) is 3.55. The van der Waals surface area contributed by atoms with E-state index < -0.39 is 5.91 Å². The van der Waals surface area contributed by atoms with E-state index in [2.05, 4.69) is 4.90 Å². The second-order valence-electron chi connectivity index (χ2n) is 6.08. The molecule has 1 amide bonds. The van der Waals surface area contributed by atoms with Crippen molar-refractivity contribution in [3.63, 3.8) is 0 Å². The Balaban J connectivity index is 1.91. The summed E-state index contributed by atoms with van der Waals surface area (Å²) in [6.45, 7) is 1.07. The zero-order valence-electron chi connectivity index (χ0n) is 11.8. The van der Waals surface area contributed by atoms with Crippen LogP contribution in [0.25, 0.3) is 0 Å². The van der Waals surface area contributed by atoms with Gasteiger partial charge in [0, 0.05) is 24.0 Å². The minimum Gasteiger partial charge on any atom is -0.398 e. The van der Waals surface area contributed by atoms with Crippen LogP contribution in [0.2, 0.25) is 0 Å². The number of carbonyl (C=O) groups excluding carboxylic acids is 1. The number of benzene rings is 1. The van der Waals surface area contributed by atoms with E-state index in [1.165, 1.54) is 38.5 Å². The van der Waals surface area contributed by atoms with Crippen molar-refractivity contribution in [1.29, 1.82) is 0 Å². The molecule has 1 saturated carbocycles. The maximum Gasteiger partial charge on any atom is 0.250 e. The third kappa shape index (κ3) is 2.35. The number of amides is 1. The SMILES string of the molecule is NC(=O)c1cc(N2CCCC3CCCCC32)ccc1N. The second-order valence-corrected chi connectivity index (χ2v) is 6.08. The normalized spacial score (nSPS) is 26.1. The van der Waals surface area contributed by atoms with E-state index in [4.69, 9.17) is 11.5 Å². The number of carbonyl (C=O) groups is 1. The molecule has 1 aromatic carbocycles. The molecule has 0 aromatic heterocycles. The number of hydrogen-bond acceptors (Lipinski definition) is 3. The fourth-order valence-corrected chi connectivity index (χ4v) is 3.88. The van der Waals surface area contributed by atoms with Crippen molar-refractivity contribution in [3.05, 3.63) is 23.8 Å². The van der Waals surface area contributed by atoms with E-state index in [1.54, 1.807) is 0 Å². The Morgan fingerprint density at radius 1 is 1.15 bits per heavy atom. The predicted octanol–water partition coefficient (Wildman–Crippen LogP) is 2.53. The zero-order valence-corrected chi connectivity index (χ0v) is 11.8. The van der Waals surface area contributed by atoms with Gasteiger partial charge in [0.2, 0.25) is 0 Å². The highest BCUT2D eigenvalue weighted by molar-refractivity contribution is 5.99. The standard InChI is InChI=1S/C16H23N3O/c17-14-8-7-12(10-13(14)16(18)20)19-9-3-5-11-4-1-2-6-15(11)19/h7-8,10-11,15H,1-6,9,17H2,(H2,18,20). The largest absolute Gasteiger partial charge is 0.398 e. The minimum absolute atomic E-state index is 0.443. The summed E-state index contributed by atoms with van der Waals surface area (Å²) in [5.74, 6) is 0.369. The van der Waals surface area contributed by atoms with Gasteiger partial charge in [-0.15, -0.1) is 0 Å². The number of piperidine rings is 1. The van der Waals surface area contributed by atoms with Crippen LogP contribution in [-0.4, -0.2) is 18.5 Å². The van der Waals surface area contributed by atoms with Crippen molar-refractivity contribution in [1.82, 2.24) is 0 Å². The third-order valence-corrected chi connectivity index (χ3v) is 4.88. The molecule has 4 N–H and O–H groups in total. The molecule has 0 spiro atoms. The average molecular weight is 273 g/mol. The second kappa shape index (κ2) is 5.35. The molecule has 4 nitrogen and oxygen atoms in total. The minimum atomic E-state index is -0.443. The quantitative estimate of drug-likeness (QED) is 0.813. The maximum absolute atomic E-state index is 11.5. The van der Waals surface area contributed by atoms with Crippen molar-refractivity contribution in [2.45, 2.75) is 44.6 Å². The first-order chi connectivity index (χ1) is 9.66. The fourth-order valence-electron chi connectivity index (χ4n) is 3.88. The zero-order chi connectivity index (χ0) is 14.1. The van der Waals surface area contributed by atoms with E-state index in [1.807, 2.05) is 18.2 Å². The molecule has 1 aliphatic heterocycles. The molecule has 20 heavy (non-hydrogen) atoms. The number of nitrogens with zero attached hydrogens (tertiary/aromatic N) is 1. The van der Waals surface area contributed by atoms with Crippen LogP contribution in [0, 0.1) is 5.92 Å². The van der Waals surface area contributed by atoms with Crippen molar-refractivity contribution in [2.75, 3.05) is 17.2 Å². The number of nitrogens with two attached hydrogens (primary N) is 2. The fraction of sp³-hybridized carbons (Fsp3) is 0.562. The molecule has 3 rings (SSSR count). The molecule has 2 fully saturated rings. The summed E-state index contributed by atoms with van der Waals surface area (Å²) in [4.78, 5) is 13.9. The van der Waals surface area contributed by atoms with Gasteiger partial charge in [0.25, 0.3) is 5.91 Å². The summed E-state index contributed by atoms with van der Waals surface area (Å²) in [7, 11) is 0. The molecule has 1 aliphatic carbocycles. The molecule has 4 heteroatoms. The first-order valence-corrected chi connectivity index (χ1v) is 7.63. The van der Waals surface area contributed by atoms with Crippen LogP contribution in [0.3, 0.4) is 0 Å². The number of nitrogen functional groups attached to an aromatic ring is 1. The maximum atomic E-state index is 11.5. The number of rotatable bonds is 2. The van der Waals surface area contributed by atoms with Gasteiger partial charge in [0.05, 0.1) is 5.56 Å². The van der Waals surface area contributed by atoms with E-state index >= 15 is 0 Å². The lowest BCUT2D eigenvalue weighted by Gasteiger charge is -2.45. The molecule has 108 valence electrons. The summed E-state index contributed by atoms with van der Waals surface area (Å²) in [6, 6.07) is 6.33. The van der Waals surface area contributed by atoms with Gasteiger partial charge >= 0.3 is 0 Å². The lowest BCUT2D eigenvalue weighted by Crippen LogP contribution is -2.47. The molecule has 2 aliphatic rings. The Morgan fingerprint density at radius 2 is 1.90 bits per heavy atom. The number of anilines is 2. The summed E-state index contributed by atoms with van der Waals surface area (Å²) in [6.07, 6.45) is 7.87. The average Bonchev–Trinajstić information content (AvgIpc) is 2.47. The monoisotopic (exact) mass is 273 g/mol. The van der Waals surface area contributed by atoms with Crippen molar-refractivity contribution in [2.24, 2.45) is 11.7 Å². The van der Waals surface area contributed by atoms with Gasteiger partial charge in [0.1, 0.15) is 0 Å². The molecule has 1 heterocycles. The predicted molar refractivity (Wildman–Crippen MR) is 81.7 cm³/mol. The first kappa shape index (κ1) is 13.3. The topological polar surface area (TPSA) is 72.4 Å². The van der Waals surface area contributed by atoms with E-state index in [-0.39, 0.29) is 0 Å². The van der Waals surface area contributed by atoms with Crippen LogP contribution in [0.5, 0.6) is 0 Å². The summed E-state index contributed by atoms with van der Waals surface area (Å²) < 4.78 is 0. The molecule has 1 saturated heterocycles. The smallest absolute Gasteiger partial charge is 0.250 e. The molecule has 0 radical (unpaired) electrons. The van der Waals surface area contributed by atoms with Crippen LogP contribution in [0.1, 0.15) is 48.9 Å². The van der Waals surface area contributed by atoms with Crippen molar-refractivity contribution in [3.8, 4) is 0 Å². The highest BCUT2D eigenvalue weighted by atomic mass is 16.1. The van der Waals surface area contributed by atoms with Crippen molar-refractivity contribution < 1.29 is 4.79 Å². The third-order valence-electron chi connectivity index (χ3n) is 4.88. The Morgan fingerprint density at radius 3 is 2.70 bits per heavy atom. The van der Waals surface area contributed by atoms with Crippen LogP contribution < -0.4 is 16.4 Å². The Hall–Kier alpha value is -1.71. The van der Waals surface area contributed by atoms with Gasteiger partial charge < -0.3 is 16.4 Å². The lowest BCUT2D eigenvalue weighted by atomic mass is 9.78.